The lowest BCUT2D eigenvalue weighted by Crippen LogP contribution is -2.50. The van der Waals surface area contributed by atoms with Gasteiger partial charge in [-0.3, -0.25) is 0 Å². The van der Waals surface area contributed by atoms with E-state index in [1.54, 1.807) is 6.20 Å². The van der Waals surface area contributed by atoms with Crippen LogP contribution in [0.3, 0.4) is 0 Å². The minimum Gasteiger partial charge on any atom is -0.473 e. The zero-order valence-corrected chi connectivity index (χ0v) is 14.5. The highest BCUT2D eigenvalue weighted by molar-refractivity contribution is 5.68. The van der Waals surface area contributed by atoms with Gasteiger partial charge in [0.1, 0.15) is 11.7 Å². The third-order valence-electron chi connectivity index (χ3n) is 4.61. The Balaban J connectivity index is 1.65. The summed E-state index contributed by atoms with van der Waals surface area (Å²) in [6, 6.07) is 3.93. The molecule has 1 amide bonds. The van der Waals surface area contributed by atoms with Crippen molar-refractivity contribution in [3.05, 3.63) is 23.9 Å². The average molecular weight is 318 g/mol. The molecule has 1 aromatic heterocycles. The molecular formula is C18H26N2O3. The van der Waals surface area contributed by atoms with E-state index in [1.807, 2.05) is 44.7 Å². The van der Waals surface area contributed by atoms with Crippen molar-refractivity contribution in [2.75, 3.05) is 13.1 Å². The number of rotatable bonds is 2. The molecule has 5 heteroatoms. The zero-order valence-electron chi connectivity index (χ0n) is 14.5. The smallest absolute Gasteiger partial charge is 0.410 e. The Morgan fingerprint density at radius 1 is 1.39 bits per heavy atom. The number of aryl methyl sites for hydroxylation is 1. The van der Waals surface area contributed by atoms with Crippen LogP contribution in [-0.2, 0) is 4.74 Å². The summed E-state index contributed by atoms with van der Waals surface area (Å²) in [6.07, 6.45) is 4.71. The van der Waals surface area contributed by atoms with Crippen LogP contribution in [0.2, 0.25) is 0 Å². The van der Waals surface area contributed by atoms with Gasteiger partial charge in [-0.25, -0.2) is 9.78 Å². The van der Waals surface area contributed by atoms with Crippen molar-refractivity contribution in [3.8, 4) is 5.88 Å². The van der Waals surface area contributed by atoms with Crippen LogP contribution in [0.15, 0.2) is 18.3 Å². The summed E-state index contributed by atoms with van der Waals surface area (Å²) < 4.78 is 11.7. The fourth-order valence-electron chi connectivity index (χ4n) is 3.18. The van der Waals surface area contributed by atoms with Crippen molar-refractivity contribution in [1.29, 1.82) is 0 Å². The van der Waals surface area contributed by atoms with Crippen molar-refractivity contribution in [1.82, 2.24) is 9.88 Å². The van der Waals surface area contributed by atoms with Gasteiger partial charge in [-0.15, -0.1) is 0 Å². The fraction of sp³-hybridized carbons (Fsp3) is 0.667. The second-order valence-electron chi connectivity index (χ2n) is 7.78. The van der Waals surface area contributed by atoms with Gasteiger partial charge in [0.05, 0.1) is 0 Å². The Labute approximate surface area is 138 Å². The van der Waals surface area contributed by atoms with Gasteiger partial charge < -0.3 is 14.4 Å². The van der Waals surface area contributed by atoms with Gasteiger partial charge in [0.15, 0.2) is 0 Å². The maximum Gasteiger partial charge on any atom is 0.410 e. The first-order chi connectivity index (χ1) is 10.8. The maximum absolute atomic E-state index is 12.3. The minimum atomic E-state index is -0.452. The van der Waals surface area contributed by atoms with Crippen LogP contribution in [0, 0.1) is 12.3 Å². The Morgan fingerprint density at radius 2 is 2.13 bits per heavy atom. The quantitative estimate of drug-likeness (QED) is 0.836. The van der Waals surface area contributed by atoms with E-state index in [2.05, 4.69) is 4.98 Å². The number of carbonyl (C=O) groups excluding carboxylic acids is 1. The third kappa shape index (κ3) is 3.59. The number of amides is 1. The first kappa shape index (κ1) is 16.1. The Kier molecular flexibility index (Phi) is 3.98. The first-order valence-corrected chi connectivity index (χ1v) is 8.35. The summed E-state index contributed by atoms with van der Waals surface area (Å²) in [6.45, 7) is 9.11. The highest BCUT2D eigenvalue weighted by Crippen LogP contribution is 2.53. The number of ether oxygens (including phenoxy) is 2. The van der Waals surface area contributed by atoms with Crippen molar-refractivity contribution in [2.24, 2.45) is 5.41 Å². The van der Waals surface area contributed by atoms with Crippen LogP contribution in [-0.4, -0.2) is 40.8 Å². The summed E-state index contributed by atoms with van der Waals surface area (Å²) in [5.74, 6) is 0.717. The topological polar surface area (TPSA) is 51.7 Å². The molecule has 126 valence electrons. The summed E-state index contributed by atoms with van der Waals surface area (Å²) in [4.78, 5) is 18.5. The van der Waals surface area contributed by atoms with Crippen molar-refractivity contribution >= 4 is 6.09 Å². The second-order valence-corrected chi connectivity index (χ2v) is 7.78. The molecule has 0 bridgehead atoms. The molecule has 5 nitrogen and oxygen atoms in total. The van der Waals surface area contributed by atoms with Crippen LogP contribution in [0.1, 0.15) is 45.6 Å². The lowest BCUT2D eigenvalue weighted by Gasteiger charge is -2.39. The molecule has 23 heavy (non-hydrogen) atoms. The van der Waals surface area contributed by atoms with E-state index in [9.17, 15) is 4.79 Å². The van der Waals surface area contributed by atoms with Crippen LogP contribution in [0.25, 0.3) is 0 Å². The fourth-order valence-corrected chi connectivity index (χ4v) is 3.18. The number of nitrogens with zero attached hydrogens (tertiary/aromatic N) is 2. The van der Waals surface area contributed by atoms with Gasteiger partial charge in [0, 0.05) is 36.7 Å². The van der Waals surface area contributed by atoms with E-state index in [0.29, 0.717) is 6.54 Å². The molecular weight excluding hydrogens is 292 g/mol. The molecule has 1 atom stereocenters. The first-order valence-electron chi connectivity index (χ1n) is 8.35. The van der Waals surface area contributed by atoms with Crippen molar-refractivity contribution in [2.45, 2.75) is 58.7 Å². The van der Waals surface area contributed by atoms with Gasteiger partial charge in [0.25, 0.3) is 0 Å². The molecule has 1 saturated heterocycles. The summed E-state index contributed by atoms with van der Waals surface area (Å²) in [5.41, 5.74) is 0.684. The zero-order chi connectivity index (χ0) is 16.7. The molecule has 2 heterocycles. The average Bonchev–Trinajstić information content (AvgIpc) is 3.22. The Bertz CT molecular complexity index is 590. The minimum absolute atomic E-state index is 0.0825. The highest BCUT2D eigenvalue weighted by atomic mass is 16.6. The normalized spacial score (nSPS) is 22.8. The molecule has 2 aliphatic rings. The standard InChI is InChI=1S/C18H26N2O3/c1-13-6-5-10-19-15(13)22-14-7-11-20(12-18(14)8-9-18)16(21)23-17(2,3)4/h5-6,10,14H,7-9,11-12H2,1-4H3. The molecule has 1 saturated carbocycles. The predicted molar refractivity (Wildman–Crippen MR) is 87.5 cm³/mol. The molecule has 0 radical (unpaired) electrons. The van der Waals surface area contributed by atoms with Crippen LogP contribution in [0.4, 0.5) is 4.79 Å². The molecule has 1 aliphatic carbocycles. The Hall–Kier alpha value is -1.78. The molecule has 1 spiro atoms. The van der Waals surface area contributed by atoms with E-state index in [0.717, 1.165) is 37.3 Å². The van der Waals surface area contributed by atoms with E-state index < -0.39 is 5.60 Å². The van der Waals surface area contributed by atoms with E-state index in [1.165, 1.54) is 0 Å². The number of hydrogen-bond donors (Lipinski definition) is 0. The van der Waals surface area contributed by atoms with Gasteiger partial charge in [0.2, 0.25) is 5.88 Å². The molecule has 0 N–H and O–H groups in total. The Morgan fingerprint density at radius 3 is 2.74 bits per heavy atom. The number of hydrogen-bond acceptors (Lipinski definition) is 4. The summed E-state index contributed by atoms with van der Waals surface area (Å²) >= 11 is 0. The number of likely N-dealkylation sites (tertiary alicyclic amines) is 1. The van der Waals surface area contributed by atoms with E-state index in [4.69, 9.17) is 9.47 Å². The van der Waals surface area contributed by atoms with Gasteiger partial charge in [-0.1, -0.05) is 6.07 Å². The van der Waals surface area contributed by atoms with Crippen LogP contribution >= 0.6 is 0 Å². The molecule has 3 rings (SSSR count). The third-order valence-corrected chi connectivity index (χ3v) is 4.61. The molecule has 0 aromatic carbocycles. The predicted octanol–water partition coefficient (Wildman–Crippen LogP) is 3.56. The molecule has 1 aromatic rings. The largest absolute Gasteiger partial charge is 0.473 e. The molecule has 2 fully saturated rings. The molecule has 1 unspecified atom stereocenters. The van der Waals surface area contributed by atoms with Gasteiger partial charge in [-0.05, 0) is 46.6 Å². The monoisotopic (exact) mass is 318 g/mol. The van der Waals surface area contributed by atoms with E-state index in [-0.39, 0.29) is 17.6 Å². The van der Waals surface area contributed by atoms with Crippen molar-refractivity contribution < 1.29 is 14.3 Å². The number of pyridine rings is 1. The van der Waals surface area contributed by atoms with Gasteiger partial charge in [-0.2, -0.15) is 0 Å². The lowest BCUT2D eigenvalue weighted by atomic mass is 9.91. The second kappa shape index (κ2) is 5.69. The lowest BCUT2D eigenvalue weighted by molar-refractivity contribution is -0.00968. The maximum atomic E-state index is 12.3. The van der Waals surface area contributed by atoms with Crippen LogP contribution < -0.4 is 4.74 Å². The van der Waals surface area contributed by atoms with Crippen LogP contribution in [0.5, 0.6) is 5.88 Å². The number of piperidine rings is 1. The highest BCUT2D eigenvalue weighted by Gasteiger charge is 2.55. The van der Waals surface area contributed by atoms with E-state index >= 15 is 0 Å². The SMILES string of the molecule is Cc1cccnc1OC1CCN(C(=O)OC(C)(C)C)CC12CC2. The van der Waals surface area contributed by atoms with Gasteiger partial charge >= 0.3 is 6.09 Å². The number of aromatic nitrogens is 1. The molecule has 1 aliphatic heterocycles. The summed E-state index contributed by atoms with van der Waals surface area (Å²) in [7, 11) is 0. The summed E-state index contributed by atoms with van der Waals surface area (Å²) in [5, 5.41) is 0. The van der Waals surface area contributed by atoms with Crippen molar-refractivity contribution in [3.63, 3.8) is 0 Å². The number of carbonyl (C=O) groups is 1.